The number of ether oxygens (including phenoxy) is 1. The van der Waals surface area contributed by atoms with Crippen molar-refractivity contribution >= 4 is 0 Å². The van der Waals surface area contributed by atoms with Gasteiger partial charge in [-0.1, -0.05) is 0 Å². The molecule has 0 aliphatic rings. The van der Waals surface area contributed by atoms with Gasteiger partial charge in [0.15, 0.2) is 17.3 Å². The average molecular weight is 199 g/mol. The van der Waals surface area contributed by atoms with Crippen molar-refractivity contribution in [2.75, 3.05) is 7.11 Å². The van der Waals surface area contributed by atoms with Gasteiger partial charge in [-0.15, -0.1) is 0 Å². The topological polar surface area (TPSA) is 53.2 Å². The van der Waals surface area contributed by atoms with E-state index in [9.17, 15) is 13.9 Å². The summed E-state index contributed by atoms with van der Waals surface area (Å²) in [5.74, 6) is -3.51. The molecule has 0 aliphatic heterocycles. The molecular weight excluding hydrogens is 192 g/mol. The molecular formula is C9H7F2NO2. The number of phenols is 1. The number of benzene rings is 1. The van der Waals surface area contributed by atoms with Crippen molar-refractivity contribution in [3.05, 3.63) is 23.3 Å². The van der Waals surface area contributed by atoms with E-state index in [0.717, 1.165) is 13.2 Å². The minimum absolute atomic E-state index is 0.0942. The zero-order valence-corrected chi connectivity index (χ0v) is 7.34. The quantitative estimate of drug-likeness (QED) is 0.789. The Hall–Kier alpha value is -1.83. The Balaban J connectivity index is 3.34. The third kappa shape index (κ3) is 1.59. The standard InChI is InChI=1S/C9H7F2NO2/c1-14-9-6(10)4-5(2-3-12)8(13)7(9)11/h4,13H,2H2,1H3. The van der Waals surface area contributed by atoms with Gasteiger partial charge in [0.2, 0.25) is 5.82 Å². The molecule has 14 heavy (non-hydrogen) atoms. The Labute approximate surface area is 79.2 Å². The number of phenolic OH excluding ortho intramolecular Hbond substituents is 1. The van der Waals surface area contributed by atoms with Gasteiger partial charge in [-0.2, -0.15) is 9.65 Å². The average Bonchev–Trinajstić information content (AvgIpc) is 2.15. The Morgan fingerprint density at radius 3 is 2.71 bits per heavy atom. The Morgan fingerprint density at radius 2 is 2.21 bits per heavy atom. The van der Waals surface area contributed by atoms with Gasteiger partial charge in [0, 0.05) is 5.56 Å². The van der Waals surface area contributed by atoms with Crippen molar-refractivity contribution in [1.29, 1.82) is 5.26 Å². The fourth-order valence-electron chi connectivity index (χ4n) is 1.05. The van der Waals surface area contributed by atoms with E-state index >= 15 is 0 Å². The molecule has 0 saturated heterocycles. The molecule has 0 aliphatic carbocycles. The fourth-order valence-corrected chi connectivity index (χ4v) is 1.05. The predicted octanol–water partition coefficient (Wildman–Crippen LogP) is 1.75. The number of nitriles is 1. The summed E-state index contributed by atoms with van der Waals surface area (Å²) in [6, 6.07) is 2.56. The van der Waals surface area contributed by atoms with E-state index in [0.29, 0.717) is 0 Å². The molecule has 0 amide bonds. The summed E-state index contributed by atoms with van der Waals surface area (Å²) in [5.41, 5.74) is -0.0942. The second-order valence-electron chi connectivity index (χ2n) is 2.55. The van der Waals surface area contributed by atoms with Gasteiger partial charge < -0.3 is 9.84 Å². The highest BCUT2D eigenvalue weighted by Gasteiger charge is 2.18. The van der Waals surface area contributed by atoms with Crippen LogP contribution in [0.3, 0.4) is 0 Å². The Morgan fingerprint density at radius 1 is 1.57 bits per heavy atom. The van der Waals surface area contributed by atoms with E-state index in [1.54, 1.807) is 6.07 Å². The van der Waals surface area contributed by atoms with Crippen LogP contribution in [0.15, 0.2) is 6.07 Å². The summed E-state index contributed by atoms with van der Waals surface area (Å²) >= 11 is 0. The van der Waals surface area contributed by atoms with E-state index in [4.69, 9.17) is 5.26 Å². The van der Waals surface area contributed by atoms with Gasteiger partial charge in [-0.25, -0.2) is 4.39 Å². The molecule has 0 bridgehead atoms. The third-order valence-electron chi connectivity index (χ3n) is 1.70. The SMILES string of the molecule is COc1c(F)cc(CC#N)c(O)c1F. The van der Waals surface area contributed by atoms with Gasteiger partial charge in [0.1, 0.15) is 0 Å². The van der Waals surface area contributed by atoms with Crippen LogP contribution in [0.2, 0.25) is 0 Å². The van der Waals surface area contributed by atoms with Crippen LogP contribution in [0.4, 0.5) is 8.78 Å². The highest BCUT2D eigenvalue weighted by molar-refractivity contribution is 5.43. The monoisotopic (exact) mass is 199 g/mol. The molecule has 0 aromatic heterocycles. The first-order valence-corrected chi connectivity index (χ1v) is 3.72. The first-order chi connectivity index (χ1) is 6.61. The number of nitrogens with zero attached hydrogens (tertiary/aromatic N) is 1. The van der Waals surface area contributed by atoms with Crippen LogP contribution in [0.5, 0.6) is 11.5 Å². The molecule has 0 spiro atoms. The molecule has 74 valence electrons. The van der Waals surface area contributed by atoms with E-state index in [1.165, 1.54) is 0 Å². The summed E-state index contributed by atoms with van der Waals surface area (Å²) in [7, 11) is 1.09. The number of rotatable bonds is 2. The lowest BCUT2D eigenvalue weighted by Crippen LogP contribution is -1.96. The van der Waals surface area contributed by atoms with Crippen molar-refractivity contribution in [2.24, 2.45) is 0 Å². The summed E-state index contributed by atoms with van der Waals surface area (Å²) in [4.78, 5) is 0. The molecule has 5 heteroatoms. The summed E-state index contributed by atoms with van der Waals surface area (Å²) in [6.45, 7) is 0. The second kappa shape index (κ2) is 3.92. The number of hydrogen-bond donors (Lipinski definition) is 1. The van der Waals surface area contributed by atoms with E-state index in [1.807, 2.05) is 0 Å². The first kappa shape index (κ1) is 10.3. The van der Waals surface area contributed by atoms with Crippen molar-refractivity contribution in [1.82, 2.24) is 0 Å². The van der Waals surface area contributed by atoms with Crippen molar-refractivity contribution in [3.63, 3.8) is 0 Å². The lowest BCUT2D eigenvalue weighted by molar-refractivity contribution is 0.340. The number of hydrogen-bond acceptors (Lipinski definition) is 3. The lowest BCUT2D eigenvalue weighted by Gasteiger charge is -2.07. The van der Waals surface area contributed by atoms with Crippen molar-refractivity contribution in [2.45, 2.75) is 6.42 Å². The molecule has 3 nitrogen and oxygen atoms in total. The smallest absolute Gasteiger partial charge is 0.209 e. The van der Waals surface area contributed by atoms with Crippen LogP contribution in [-0.2, 0) is 6.42 Å². The number of halogens is 2. The second-order valence-corrected chi connectivity index (χ2v) is 2.55. The number of aromatic hydroxyl groups is 1. The summed E-state index contributed by atoms with van der Waals surface area (Å²) in [5, 5.41) is 17.5. The largest absolute Gasteiger partial charge is 0.505 e. The van der Waals surface area contributed by atoms with Crippen molar-refractivity contribution in [3.8, 4) is 17.6 Å². The van der Waals surface area contributed by atoms with E-state index < -0.39 is 23.1 Å². The van der Waals surface area contributed by atoms with Crippen LogP contribution in [0, 0.1) is 23.0 Å². The van der Waals surface area contributed by atoms with Gasteiger partial charge >= 0.3 is 0 Å². The molecule has 0 radical (unpaired) electrons. The van der Waals surface area contributed by atoms with E-state index in [-0.39, 0.29) is 12.0 Å². The predicted molar refractivity (Wildman–Crippen MR) is 43.9 cm³/mol. The van der Waals surface area contributed by atoms with Gasteiger partial charge in [-0.3, -0.25) is 0 Å². The van der Waals surface area contributed by atoms with Crippen molar-refractivity contribution < 1.29 is 18.6 Å². The lowest BCUT2D eigenvalue weighted by atomic mass is 10.1. The third-order valence-corrected chi connectivity index (χ3v) is 1.70. The highest BCUT2D eigenvalue weighted by Crippen LogP contribution is 2.32. The maximum atomic E-state index is 13.1. The minimum Gasteiger partial charge on any atom is -0.505 e. The van der Waals surface area contributed by atoms with Crippen LogP contribution in [-0.4, -0.2) is 12.2 Å². The van der Waals surface area contributed by atoms with Gasteiger partial charge in [-0.05, 0) is 6.07 Å². The normalized spacial score (nSPS) is 9.57. The van der Waals surface area contributed by atoms with Crippen LogP contribution in [0.25, 0.3) is 0 Å². The summed E-state index contributed by atoms with van der Waals surface area (Å²) < 4.78 is 30.5. The highest BCUT2D eigenvalue weighted by atomic mass is 19.1. The van der Waals surface area contributed by atoms with Crippen LogP contribution in [0.1, 0.15) is 5.56 Å². The Kier molecular flexibility index (Phi) is 2.87. The molecule has 1 aromatic rings. The van der Waals surface area contributed by atoms with Gasteiger partial charge in [0.25, 0.3) is 0 Å². The first-order valence-electron chi connectivity index (χ1n) is 3.72. The minimum atomic E-state index is -1.18. The molecule has 0 atom stereocenters. The number of methoxy groups -OCH3 is 1. The van der Waals surface area contributed by atoms with Crippen LogP contribution < -0.4 is 4.74 Å². The maximum Gasteiger partial charge on any atom is 0.209 e. The molecule has 0 saturated carbocycles. The van der Waals surface area contributed by atoms with Crippen LogP contribution >= 0.6 is 0 Å². The zero-order chi connectivity index (χ0) is 10.7. The molecule has 1 aromatic carbocycles. The molecule has 1 rings (SSSR count). The van der Waals surface area contributed by atoms with Gasteiger partial charge in [0.05, 0.1) is 19.6 Å². The molecule has 0 heterocycles. The summed E-state index contributed by atoms with van der Waals surface area (Å²) in [6.07, 6.45) is -0.260. The Bertz CT molecular complexity index is 399. The van der Waals surface area contributed by atoms with E-state index in [2.05, 4.69) is 4.74 Å². The molecule has 0 unspecified atom stereocenters. The molecule has 1 N–H and O–H groups in total. The fraction of sp³-hybridized carbons (Fsp3) is 0.222. The maximum absolute atomic E-state index is 13.1. The zero-order valence-electron chi connectivity index (χ0n) is 7.34. The molecule has 0 fully saturated rings.